The van der Waals surface area contributed by atoms with Crippen LogP contribution in [0, 0.1) is 19.8 Å². The number of halogens is 1. The summed E-state index contributed by atoms with van der Waals surface area (Å²) in [6, 6.07) is 0. The van der Waals surface area contributed by atoms with E-state index in [0.717, 1.165) is 46.5 Å². The second-order valence-corrected chi connectivity index (χ2v) is 7.38. The third-order valence-electron chi connectivity index (χ3n) is 3.90. The molecule has 21 heavy (non-hydrogen) atoms. The van der Waals surface area contributed by atoms with Crippen molar-refractivity contribution in [2.75, 3.05) is 6.54 Å². The highest BCUT2D eigenvalue weighted by atomic mass is 35.5. The van der Waals surface area contributed by atoms with Crippen molar-refractivity contribution < 1.29 is 0 Å². The summed E-state index contributed by atoms with van der Waals surface area (Å²) in [6.07, 6.45) is 1.15. The quantitative estimate of drug-likeness (QED) is 0.906. The maximum Gasteiger partial charge on any atom is 0.139 e. The van der Waals surface area contributed by atoms with Crippen molar-refractivity contribution in [3.8, 4) is 0 Å². The van der Waals surface area contributed by atoms with Crippen molar-refractivity contribution in [3.05, 3.63) is 26.7 Å². The van der Waals surface area contributed by atoms with E-state index < -0.39 is 0 Å². The topological polar surface area (TPSA) is 37.3 Å². The Kier molecular flexibility index (Phi) is 3.93. The van der Waals surface area contributed by atoms with Gasteiger partial charge in [-0.25, -0.2) is 4.98 Å². The average Bonchev–Trinajstić information content (AvgIpc) is 2.95. The Labute approximate surface area is 134 Å². The van der Waals surface area contributed by atoms with Crippen molar-refractivity contribution in [2.45, 2.75) is 40.7 Å². The fourth-order valence-electron chi connectivity index (χ4n) is 2.69. The van der Waals surface area contributed by atoms with E-state index in [1.54, 1.807) is 11.3 Å². The van der Waals surface area contributed by atoms with Gasteiger partial charge in [-0.15, -0.1) is 11.3 Å². The molecule has 3 nitrogen and oxygen atoms in total. The van der Waals surface area contributed by atoms with Gasteiger partial charge in [-0.3, -0.25) is 4.99 Å². The molecule has 0 radical (unpaired) electrons. The highest BCUT2D eigenvalue weighted by Crippen LogP contribution is 2.39. The molecule has 0 fully saturated rings. The van der Waals surface area contributed by atoms with Gasteiger partial charge in [0, 0.05) is 17.5 Å². The normalized spacial score (nSPS) is 13.9. The molecule has 112 valence electrons. The molecule has 0 atom stereocenters. The number of pyridine rings is 1. The van der Waals surface area contributed by atoms with Crippen LogP contribution in [0.25, 0.3) is 10.2 Å². The zero-order valence-corrected chi connectivity index (χ0v) is 14.5. The molecule has 2 aromatic rings. The molecule has 0 aromatic carbocycles. The summed E-state index contributed by atoms with van der Waals surface area (Å²) in [4.78, 5) is 11.6. The van der Waals surface area contributed by atoms with E-state index in [0.29, 0.717) is 5.92 Å². The number of fused-ring (bicyclic) bond motifs is 3. The first-order valence-corrected chi connectivity index (χ1v) is 8.55. The van der Waals surface area contributed by atoms with Gasteiger partial charge in [-0.05, 0) is 31.7 Å². The van der Waals surface area contributed by atoms with Crippen LogP contribution in [-0.2, 0) is 6.54 Å². The Hall–Kier alpha value is -1.13. The standard InChI is InChI=1S/C16H20ClN3S/c1-8(2)5-6-18-15-14-11(7-19-15)12-9(3)13(17)10(4)20-16(12)21-14/h8H,5-7H2,1-4H3,(H,18,19). The fraction of sp³-hybridized carbons (Fsp3) is 0.500. The number of thiophene rings is 1. The summed E-state index contributed by atoms with van der Waals surface area (Å²) < 4.78 is 0. The zero-order chi connectivity index (χ0) is 15.1. The van der Waals surface area contributed by atoms with Gasteiger partial charge in [0.2, 0.25) is 0 Å². The number of nitrogens with zero attached hydrogens (tertiary/aromatic N) is 2. The van der Waals surface area contributed by atoms with Gasteiger partial charge < -0.3 is 5.32 Å². The molecule has 1 aliphatic rings. The van der Waals surface area contributed by atoms with Crippen molar-refractivity contribution in [1.29, 1.82) is 0 Å². The SMILES string of the molecule is Cc1nc2sc3c(c2c(C)c1Cl)CN=C3NCCC(C)C. The summed E-state index contributed by atoms with van der Waals surface area (Å²) in [7, 11) is 0. The summed E-state index contributed by atoms with van der Waals surface area (Å²) in [5.41, 5.74) is 3.33. The molecule has 0 bridgehead atoms. The minimum absolute atomic E-state index is 0.701. The summed E-state index contributed by atoms with van der Waals surface area (Å²) >= 11 is 8.09. The van der Waals surface area contributed by atoms with Gasteiger partial charge in [-0.2, -0.15) is 0 Å². The van der Waals surface area contributed by atoms with Crippen LogP contribution in [-0.4, -0.2) is 17.4 Å². The molecule has 0 saturated carbocycles. The number of nitrogens with one attached hydrogen (secondary N) is 1. The predicted octanol–water partition coefficient (Wildman–Crippen LogP) is 4.46. The van der Waals surface area contributed by atoms with Crippen LogP contribution in [0.3, 0.4) is 0 Å². The number of rotatable bonds is 3. The Bertz CT molecular complexity index is 731. The number of aryl methyl sites for hydroxylation is 2. The number of amidine groups is 1. The van der Waals surface area contributed by atoms with E-state index in [1.165, 1.54) is 15.8 Å². The molecular formula is C16H20ClN3S. The Morgan fingerprint density at radius 1 is 1.33 bits per heavy atom. The minimum atomic E-state index is 0.701. The van der Waals surface area contributed by atoms with Gasteiger partial charge >= 0.3 is 0 Å². The third kappa shape index (κ3) is 2.55. The molecule has 0 saturated heterocycles. The summed E-state index contributed by atoms with van der Waals surface area (Å²) in [6.45, 7) is 10.2. The van der Waals surface area contributed by atoms with E-state index in [2.05, 4.69) is 36.1 Å². The van der Waals surface area contributed by atoms with Crippen molar-refractivity contribution in [3.63, 3.8) is 0 Å². The second-order valence-electron chi connectivity index (χ2n) is 6.00. The monoisotopic (exact) mass is 321 g/mol. The largest absolute Gasteiger partial charge is 0.369 e. The average molecular weight is 322 g/mol. The molecule has 0 amide bonds. The molecular weight excluding hydrogens is 302 g/mol. The third-order valence-corrected chi connectivity index (χ3v) is 5.59. The smallest absolute Gasteiger partial charge is 0.139 e. The number of aromatic nitrogens is 1. The Morgan fingerprint density at radius 3 is 2.81 bits per heavy atom. The van der Waals surface area contributed by atoms with E-state index >= 15 is 0 Å². The van der Waals surface area contributed by atoms with Crippen LogP contribution in [0.2, 0.25) is 5.02 Å². The molecule has 0 aliphatic carbocycles. The first-order valence-electron chi connectivity index (χ1n) is 7.35. The van der Waals surface area contributed by atoms with Crippen molar-refractivity contribution >= 4 is 39.0 Å². The van der Waals surface area contributed by atoms with Crippen LogP contribution in [0.1, 0.15) is 42.0 Å². The van der Waals surface area contributed by atoms with Gasteiger partial charge in [-0.1, -0.05) is 25.4 Å². The zero-order valence-electron chi connectivity index (χ0n) is 12.9. The molecule has 0 spiro atoms. The first kappa shape index (κ1) is 14.8. The van der Waals surface area contributed by atoms with E-state index in [-0.39, 0.29) is 0 Å². The maximum absolute atomic E-state index is 6.36. The maximum atomic E-state index is 6.36. The highest BCUT2D eigenvalue weighted by molar-refractivity contribution is 7.20. The van der Waals surface area contributed by atoms with E-state index in [9.17, 15) is 0 Å². The van der Waals surface area contributed by atoms with Crippen LogP contribution in [0.15, 0.2) is 4.99 Å². The number of hydrogen-bond acceptors (Lipinski definition) is 4. The highest BCUT2D eigenvalue weighted by Gasteiger charge is 2.24. The van der Waals surface area contributed by atoms with Gasteiger partial charge in [0.05, 0.1) is 22.1 Å². The molecule has 5 heteroatoms. The van der Waals surface area contributed by atoms with Crippen LogP contribution >= 0.6 is 22.9 Å². The number of hydrogen-bond donors (Lipinski definition) is 1. The summed E-state index contributed by atoms with van der Waals surface area (Å²) in [5.74, 6) is 1.73. The van der Waals surface area contributed by atoms with Crippen LogP contribution in [0.4, 0.5) is 0 Å². The van der Waals surface area contributed by atoms with Gasteiger partial charge in [0.1, 0.15) is 10.7 Å². The molecule has 1 aliphatic heterocycles. The molecule has 3 heterocycles. The lowest BCUT2D eigenvalue weighted by Gasteiger charge is -2.07. The van der Waals surface area contributed by atoms with E-state index in [4.69, 9.17) is 11.6 Å². The van der Waals surface area contributed by atoms with Crippen LogP contribution in [0.5, 0.6) is 0 Å². The molecule has 0 unspecified atom stereocenters. The van der Waals surface area contributed by atoms with Crippen LogP contribution < -0.4 is 5.32 Å². The van der Waals surface area contributed by atoms with Gasteiger partial charge in [0.25, 0.3) is 0 Å². The minimum Gasteiger partial charge on any atom is -0.369 e. The van der Waals surface area contributed by atoms with E-state index in [1.807, 2.05) is 6.92 Å². The molecule has 1 N–H and O–H groups in total. The molecule has 3 rings (SSSR count). The predicted molar refractivity (Wildman–Crippen MR) is 91.8 cm³/mol. The number of aliphatic imine (C=N–C) groups is 1. The Morgan fingerprint density at radius 2 is 2.10 bits per heavy atom. The van der Waals surface area contributed by atoms with Gasteiger partial charge in [0.15, 0.2) is 0 Å². The molecule has 2 aromatic heterocycles. The summed E-state index contributed by atoms with van der Waals surface area (Å²) in [5, 5.41) is 5.46. The van der Waals surface area contributed by atoms with Crippen molar-refractivity contribution in [2.24, 2.45) is 10.9 Å². The van der Waals surface area contributed by atoms with Crippen molar-refractivity contribution in [1.82, 2.24) is 10.3 Å². The lowest BCUT2D eigenvalue weighted by atomic mass is 10.1. The lowest BCUT2D eigenvalue weighted by Crippen LogP contribution is -2.24. The fourth-order valence-corrected chi connectivity index (χ4v) is 4.10. The second kappa shape index (κ2) is 5.58. The first-order chi connectivity index (χ1) is 9.99. The Balaban J connectivity index is 1.95. The lowest BCUT2D eigenvalue weighted by molar-refractivity contribution is 0.578.